The number of anilines is 1. The van der Waals surface area contributed by atoms with Crippen LogP contribution in [0.15, 0.2) is 24.3 Å². The van der Waals surface area contributed by atoms with E-state index >= 15 is 0 Å². The summed E-state index contributed by atoms with van der Waals surface area (Å²) >= 11 is 0. The highest BCUT2D eigenvalue weighted by atomic mass is 16.5. The van der Waals surface area contributed by atoms with E-state index in [1.807, 2.05) is 20.8 Å². The lowest BCUT2D eigenvalue weighted by molar-refractivity contribution is 0.0945. The van der Waals surface area contributed by atoms with Gasteiger partial charge in [-0.25, -0.2) is 4.79 Å². The van der Waals surface area contributed by atoms with E-state index in [1.54, 1.807) is 24.3 Å². The lowest BCUT2D eigenvalue weighted by Gasteiger charge is -2.13. The van der Waals surface area contributed by atoms with Gasteiger partial charge >= 0.3 is 6.03 Å². The molecule has 0 aliphatic carbocycles. The fourth-order valence-corrected chi connectivity index (χ4v) is 1.83. The number of rotatable bonds is 8. The van der Waals surface area contributed by atoms with Crippen LogP contribution in [-0.4, -0.2) is 37.7 Å². The van der Waals surface area contributed by atoms with Gasteiger partial charge < -0.3 is 20.7 Å². The van der Waals surface area contributed by atoms with Gasteiger partial charge in [0, 0.05) is 25.8 Å². The van der Waals surface area contributed by atoms with E-state index in [0.717, 1.165) is 6.42 Å². The number of hydrogen-bond donors (Lipinski definition) is 3. The zero-order valence-corrected chi connectivity index (χ0v) is 13.4. The van der Waals surface area contributed by atoms with Gasteiger partial charge in [0.1, 0.15) is 0 Å². The Hall–Kier alpha value is -2.08. The minimum Gasteiger partial charge on any atom is -0.382 e. The zero-order valence-electron chi connectivity index (χ0n) is 13.4. The second-order valence-corrected chi connectivity index (χ2v) is 5.11. The Morgan fingerprint density at radius 3 is 2.64 bits per heavy atom. The van der Waals surface area contributed by atoms with Crippen LogP contribution in [0.25, 0.3) is 0 Å². The fraction of sp³-hybridized carbons (Fsp3) is 0.500. The Labute approximate surface area is 131 Å². The van der Waals surface area contributed by atoms with E-state index in [2.05, 4.69) is 16.0 Å². The van der Waals surface area contributed by atoms with Crippen LogP contribution < -0.4 is 16.0 Å². The molecule has 1 aromatic rings. The molecule has 0 aromatic heterocycles. The van der Waals surface area contributed by atoms with Gasteiger partial charge in [0.15, 0.2) is 0 Å². The number of ether oxygens (including phenoxy) is 1. The van der Waals surface area contributed by atoms with E-state index < -0.39 is 0 Å². The van der Waals surface area contributed by atoms with Gasteiger partial charge in [-0.05, 0) is 39.3 Å². The maximum atomic E-state index is 12.2. The highest BCUT2D eigenvalue weighted by molar-refractivity contribution is 6.03. The summed E-state index contributed by atoms with van der Waals surface area (Å²) in [6.07, 6.45) is 0.753. The van der Waals surface area contributed by atoms with Crippen LogP contribution in [0.3, 0.4) is 0 Å². The molecule has 22 heavy (non-hydrogen) atoms. The monoisotopic (exact) mass is 307 g/mol. The number of para-hydroxylation sites is 1. The van der Waals surface area contributed by atoms with Crippen molar-refractivity contribution in [1.29, 1.82) is 0 Å². The van der Waals surface area contributed by atoms with Gasteiger partial charge in [-0.1, -0.05) is 12.1 Å². The number of urea groups is 1. The maximum Gasteiger partial charge on any atom is 0.319 e. The first-order valence-electron chi connectivity index (χ1n) is 7.57. The van der Waals surface area contributed by atoms with E-state index in [1.165, 1.54) is 0 Å². The largest absolute Gasteiger partial charge is 0.382 e. The van der Waals surface area contributed by atoms with E-state index in [-0.39, 0.29) is 18.0 Å². The molecule has 122 valence electrons. The fourth-order valence-electron chi connectivity index (χ4n) is 1.83. The second kappa shape index (κ2) is 9.78. The predicted molar refractivity (Wildman–Crippen MR) is 87.2 cm³/mol. The predicted octanol–water partition coefficient (Wildman–Crippen LogP) is 2.37. The standard InChI is InChI=1S/C16H25N3O3/c1-4-22-11-7-10-17-15(20)13-8-5-6-9-14(13)19-16(21)18-12(2)3/h5-6,8-9,12H,4,7,10-11H2,1-3H3,(H,17,20)(H2,18,19,21). The van der Waals surface area contributed by atoms with Gasteiger partial charge in [-0.2, -0.15) is 0 Å². The van der Waals surface area contributed by atoms with Crippen LogP contribution in [-0.2, 0) is 4.74 Å². The molecule has 0 aliphatic heterocycles. The molecule has 0 atom stereocenters. The summed E-state index contributed by atoms with van der Waals surface area (Å²) in [6.45, 7) is 7.50. The number of benzene rings is 1. The topological polar surface area (TPSA) is 79.5 Å². The SMILES string of the molecule is CCOCCCNC(=O)c1ccccc1NC(=O)NC(C)C. The smallest absolute Gasteiger partial charge is 0.319 e. The molecule has 0 saturated heterocycles. The molecule has 0 radical (unpaired) electrons. The molecule has 6 heteroatoms. The molecular weight excluding hydrogens is 282 g/mol. The molecule has 3 N–H and O–H groups in total. The molecule has 0 heterocycles. The summed E-state index contributed by atoms with van der Waals surface area (Å²) in [7, 11) is 0. The average molecular weight is 307 g/mol. The van der Waals surface area contributed by atoms with Crippen molar-refractivity contribution in [2.24, 2.45) is 0 Å². The van der Waals surface area contributed by atoms with Crippen molar-refractivity contribution in [3.63, 3.8) is 0 Å². The third-order valence-electron chi connectivity index (χ3n) is 2.79. The van der Waals surface area contributed by atoms with Crippen LogP contribution in [0.5, 0.6) is 0 Å². The Bertz CT molecular complexity index is 489. The molecule has 0 spiro atoms. The van der Waals surface area contributed by atoms with E-state index in [9.17, 15) is 9.59 Å². The van der Waals surface area contributed by atoms with Crippen LogP contribution in [0.1, 0.15) is 37.6 Å². The first-order chi connectivity index (χ1) is 10.5. The van der Waals surface area contributed by atoms with Crippen molar-refractivity contribution in [1.82, 2.24) is 10.6 Å². The highest BCUT2D eigenvalue weighted by Crippen LogP contribution is 2.14. The number of carbonyl (C=O) groups excluding carboxylic acids is 2. The first kappa shape index (κ1) is 18.0. The third-order valence-corrected chi connectivity index (χ3v) is 2.79. The summed E-state index contributed by atoms with van der Waals surface area (Å²) in [5.74, 6) is -0.211. The molecule has 6 nitrogen and oxygen atoms in total. The van der Waals surface area contributed by atoms with Crippen molar-refractivity contribution in [3.05, 3.63) is 29.8 Å². The lowest BCUT2D eigenvalue weighted by Crippen LogP contribution is -2.35. The summed E-state index contributed by atoms with van der Waals surface area (Å²) in [5, 5.41) is 8.24. The van der Waals surface area contributed by atoms with Crippen molar-refractivity contribution in [3.8, 4) is 0 Å². The average Bonchev–Trinajstić information content (AvgIpc) is 2.46. The number of hydrogen-bond acceptors (Lipinski definition) is 3. The molecule has 3 amide bonds. The van der Waals surface area contributed by atoms with Crippen molar-refractivity contribution in [2.75, 3.05) is 25.1 Å². The highest BCUT2D eigenvalue weighted by Gasteiger charge is 2.12. The van der Waals surface area contributed by atoms with Crippen LogP contribution in [0.2, 0.25) is 0 Å². The quantitative estimate of drug-likeness (QED) is 0.645. The molecule has 0 aliphatic rings. The Balaban J connectivity index is 2.58. The molecule has 1 aromatic carbocycles. The molecule has 0 fully saturated rings. The molecule has 1 rings (SSSR count). The third kappa shape index (κ3) is 6.58. The molecule has 0 saturated carbocycles. The van der Waals surface area contributed by atoms with Gasteiger partial charge in [0.25, 0.3) is 5.91 Å². The minimum atomic E-state index is -0.327. The van der Waals surface area contributed by atoms with Crippen molar-refractivity contribution in [2.45, 2.75) is 33.2 Å². The van der Waals surface area contributed by atoms with E-state index in [0.29, 0.717) is 31.0 Å². The number of carbonyl (C=O) groups is 2. The lowest BCUT2D eigenvalue weighted by atomic mass is 10.1. The second-order valence-electron chi connectivity index (χ2n) is 5.11. The van der Waals surface area contributed by atoms with Crippen LogP contribution in [0, 0.1) is 0 Å². The summed E-state index contributed by atoms with van der Waals surface area (Å²) < 4.78 is 5.22. The van der Waals surface area contributed by atoms with Crippen molar-refractivity contribution < 1.29 is 14.3 Å². The molecule has 0 bridgehead atoms. The Kier molecular flexibility index (Phi) is 7.99. The summed E-state index contributed by atoms with van der Waals surface area (Å²) in [5.41, 5.74) is 0.931. The van der Waals surface area contributed by atoms with Gasteiger partial charge in [-0.3, -0.25) is 4.79 Å². The van der Waals surface area contributed by atoms with Gasteiger partial charge in [0.05, 0.1) is 11.3 Å². The van der Waals surface area contributed by atoms with Crippen LogP contribution in [0.4, 0.5) is 10.5 Å². The van der Waals surface area contributed by atoms with Gasteiger partial charge in [0.2, 0.25) is 0 Å². The first-order valence-corrected chi connectivity index (χ1v) is 7.57. The summed E-state index contributed by atoms with van der Waals surface area (Å²) in [4.78, 5) is 23.9. The normalized spacial score (nSPS) is 10.4. The minimum absolute atomic E-state index is 0.0274. The summed E-state index contributed by atoms with van der Waals surface area (Å²) in [6, 6.07) is 6.63. The zero-order chi connectivity index (χ0) is 16.4. The van der Waals surface area contributed by atoms with Gasteiger partial charge in [-0.15, -0.1) is 0 Å². The Morgan fingerprint density at radius 2 is 1.95 bits per heavy atom. The van der Waals surface area contributed by atoms with Crippen molar-refractivity contribution >= 4 is 17.6 Å². The molecular formula is C16H25N3O3. The van der Waals surface area contributed by atoms with E-state index in [4.69, 9.17) is 4.74 Å². The maximum absolute atomic E-state index is 12.2. The number of amides is 3. The molecule has 0 unspecified atom stereocenters. The number of nitrogens with one attached hydrogen (secondary N) is 3. The Morgan fingerprint density at radius 1 is 1.23 bits per heavy atom. The van der Waals surface area contributed by atoms with Crippen LogP contribution >= 0.6 is 0 Å².